The van der Waals surface area contributed by atoms with E-state index >= 15 is 0 Å². The van der Waals surface area contributed by atoms with Crippen LogP contribution in [0.3, 0.4) is 0 Å². The molecule has 2 N–H and O–H groups in total. The summed E-state index contributed by atoms with van der Waals surface area (Å²) in [4.78, 5) is 0.323. The van der Waals surface area contributed by atoms with Gasteiger partial charge in [-0.25, -0.2) is 8.42 Å². The zero-order valence-corrected chi connectivity index (χ0v) is 14.4. The molecule has 0 heterocycles. The molecule has 21 heavy (non-hydrogen) atoms. The van der Waals surface area contributed by atoms with E-state index < -0.39 is 10.0 Å². The molecule has 0 aliphatic heterocycles. The van der Waals surface area contributed by atoms with Crippen LogP contribution in [0, 0.1) is 20.8 Å². The molecule has 0 aliphatic carbocycles. The highest BCUT2D eigenvalue weighted by Gasteiger charge is 2.27. The Hall–Kier alpha value is -1.11. The van der Waals surface area contributed by atoms with Crippen LogP contribution in [-0.4, -0.2) is 39.0 Å². The predicted molar refractivity (Wildman–Crippen MR) is 86.0 cm³/mol. The largest absolute Gasteiger partial charge is 0.398 e. The van der Waals surface area contributed by atoms with E-state index in [2.05, 4.69) is 0 Å². The number of benzene rings is 1. The third kappa shape index (κ3) is 3.75. The lowest BCUT2D eigenvalue weighted by Gasteiger charge is -2.23. The summed E-state index contributed by atoms with van der Waals surface area (Å²) in [7, 11) is -3.56. The lowest BCUT2D eigenvalue weighted by molar-refractivity contribution is 0.135. The molecule has 0 atom stereocenters. The van der Waals surface area contributed by atoms with Gasteiger partial charge in [0.15, 0.2) is 0 Å². The molecular formula is C15H26N2O3S. The molecule has 0 bridgehead atoms. The van der Waals surface area contributed by atoms with E-state index in [-0.39, 0.29) is 0 Å². The number of nitrogens with zero attached hydrogens (tertiary/aromatic N) is 1. The van der Waals surface area contributed by atoms with Crippen LogP contribution < -0.4 is 5.73 Å². The van der Waals surface area contributed by atoms with Gasteiger partial charge in [-0.2, -0.15) is 4.31 Å². The Bertz CT molecular complexity index is 597. The van der Waals surface area contributed by atoms with Gasteiger partial charge >= 0.3 is 0 Å². The van der Waals surface area contributed by atoms with Gasteiger partial charge in [0.1, 0.15) is 0 Å². The molecule has 5 nitrogen and oxygen atoms in total. The average Bonchev–Trinajstić information content (AvgIpc) is 2.40. The Morgan fingerprint density at radius 3 is 2.33 bits per heavy atom. The van der Waals surface area contributed by atoms with Crippen LogP contribution in [0.2, 0.25) is 0 Å². The maximum absolute atomic E-state index is 12.9. The number of nitrogens with two attached hydrogens (primary N) is 1. The standard InChI is InChI=1S/C15H26N2O3S/c1-6-17(8-9-20-7-2)21(18,19)15-12(4)10-11(3)14(16)13(15)5/h10H,6-9,16H2,1-5H3. The second kappa shape index (κ2) is 7.24. The first-order valence-corrected chi connectivity index (χ1v) is 8.65. The van der Waals surface area contributed by atoms with Gasteiger partial charge in [-0.15, -0.1) is 0 Å². The molecule has 0 saturated heterocycles. The van der Waals surface area contributed by atoms with Gasteiger partial charge in [0.25, 0.3) is 0 Å². The Morgan fingerprint density at radius 1 is 1.19 bits per heavy atom. The third-order valence-electron chi connectivity index (χ3n) is 3.60. The van der Waals surface area contributed by atoms with Crippen molar-refractivity contribution in [3.05, 3.63) is 22.8 Å². The Morgan fingerprint density at radius 2 is 1.81 bits per heavy atom. The zero-order valence-electron chi connectivity index (χ0n) is 13.6. The van der Waals surface area contributed by atoms with Crippen molar-refractivity contribution in [3.8, 4) is 0 Å². The fourth-order valence-electron chi connectivity index (χ4n) is 2.47. The summed E-state index contributed by atoms with van der Waals surface area (Å²) in [6.45, 7) is 10.9. The van der Waals surface area contributed by atoms with Crippen LogP contribution in [0.5, 0.6) is 0 Å². The summed E-state index contributed by atoms with van der Waals surface area (Å²) >= 11 is 0. The van der Waals surface area contributed by atoms with Crippen molar-refractivity contribution in [3.63, 3.8) is 0 Å². The molecular weight excluding hydrogens is 288 g/mol. The van der Waals surface area contributed by atoms with Crippen LogP contribution in [0.4, 0.5) is 5.69 Å². The number of aryl methyl sites for hydroxylation is 2. The minimum atomic E-state index is -3.56. The number of likely N-dealkylation sites (N-methyl/N-ethyl adjacent to an activating group) is 1. The van der Waals surface area contributed by atoms with Gasteiger partial charge in [0.2, 0.25) is 10.0 Å². The van der Waals surface area contributed by atoms with Crippen molar-refractivity contribution in [2.24, 2.45) is 0 Å². The number of ether oxygens (including phenoxy) is 1. The van der Waals surface area contributed by atoms with E-state index in [1.165, 1.54) is 4.31 Å². The monoisotopic (exact) mass is 314 g/mol. The molecule has 6 heteroatoms. The smallest absolute Gasteiger partial charge is 0.243 e. The van der Waals surface area contributed by atoms with Crippen LogP contribution in [-0.2, 0) is 14.8 Å². The van der Waals surface area contributed by atoms with Crippen molar-refractivity contribution in [2.45, 2.75) is 39.5 Å². The summed E-state index contributed by atoms with van der Waals surface area (Å²) < 4.78 is 32.5. The van der Waals surface area contributed by atoms with E-state index in [9.17, 15) is 8.42 Å². The van der Waals surface area contributed by atoms with Crippen LogP contribution in [0.25, 0.3) is 0 Å². The molecule has 0 fully saturated rings. The summed E-state index contributed by atoms with van der Waals surface area (Å²) in [6.07, 6.45) is 0. The first kappa shape index (κ1) is 17.9. The molecule has 0 aromatic heterocycles. The SMILES string of the molecule is CCOCCN(CC)S(=O)(=O)c1c(C)cc(C)c(N)c1C. The van der Waals surface area contributed by atoms with Crippen LogP contribution >= 0.6 is 0 Å². The van der Waals surface area contributed by atoms with Crippen LogP contribution in [0.1, 0.15) is 30.5 Å². The zero-order chi connectivity index (χ0) is 16.2. The fourth-order valence-corrected chi connectivity index (χ4v) is 4.34. The van der Waals surface area contributed by atoms with Crippen LogP contribution in [0.15, 0.2) is 11.0 Å². The fraction of sp³-hybridized carbons (Fsp3) is 0.600. The quantitative estimate of drug-likeness (QED) is 0.619. The minimum absolute atomic E-state index is 0.323. The molecule has 0 spiro atoms. The molecule has 0 saturated carbocycles. The number of nitrogen functional groups attached to an aromatic ring is 1. The molecule has 0 unspecified atom stereocenters. The third-order valence-corrected chi connectivity index (χ3v) is 5.87. The van der Waals surface area contributed by atoms with Gasteiger partial charge in [-0.3, -0.25) is 0 Å². The van der Waals surface area contributed by atoms with Gasteiger partial charge in [-0.05, 0) is 44.4 Å². The summed E-state index contributed by atoms with van der Waals surface area (Å²) in [5, 5.41) is 0. The number of hydrogen-bond donors (Lipinski definition) is 1. The molecule has 1 aromatic rings. The van der Waals surface area contributed by atoms with Crippen molar-refractivity contribution in [1.82, 2.24) is 4.31 Å². The van der Waals surface area contributed by atoms with E-state index in [1.807, 2.05) is 33.8 Å². The molecule has 0 radical (unpaired) electrons. The molecule has 0 aliphatic rings. The van der Waals surface area contributed by atoms with Crippen molar-refractivity contribution < 1.29 is 13.2 Å². The summed E-state index contributed by atoms with van der Waals surface area (Å²) in [5.74, 6) is 0. The Kier molecular flexibility index (Phi) is 6.19. The van der Waals surface area contributed by atoms with Crippen molar-refractivity contribution >= 4 is 15.7 Å². The Labute approximate surface area is 128 Å². The second-order valence-electron chi connectivity index (χ2n) is 5.07. The van der Waals surface area contributed by atoms with Crippen molar-refractivity contribution in [1.29, 1.82) is 0 Å². The molecule has 120 valence electrons. The first-order chi connectivity index (χ1) is 9.77. The van der Waals surface area contributed by atoms with Crippen molar-refractivity contribution in [2.75, 3.05) is 32.0 Å². The lowest BCUT2D eigenvalue weighted by atomic mass is 10.1. The highest BCUT2D eigenvalue weighted by molar-refractivity contribution is 7.89. The highest BCUT2D eigenvalue weighted by Crippen LogP contribution is 2.30. The number of hydrogen-bond acceptors (Lipinski definition) is 4. The number of anilines is 1. The average molecular weight is 314 g/mol. The van der Waals surface area contributed by atoms with Gasteiger partial charge < -0.3 is 10.5 Å². The van der Waals surface area contributed by atoms with Gasteiger partial charge in [0.05, 0.1) is 11.5 Å². The summed E-state index contributed by atoms with van der Waals surface area (Å²) in [6, 6.07) is 1.82. The number of sulfonamides is 1. The lowest BCUT2D eigenvalue weighted by Crippen LogP contribution is -2.35. The molecule has 0 amide bonds. The Balaban J connectivity index is 3.26. The number of rotatable bonds is 7. The normalized spacial score (nSPS) is 12.1. The minimum Gasteiger partial charge on any atom is -0.398 e. The highest BCUT2D eigenvalue weighted by atomic mass is 32.2. The molecule has 1 rings (SSSR count). The topological polar surface area (TPSA) is 72.6 Å². The van der Waals surface area contributed by atoms with Gasteiger partial charge in [0, 0.05) is 25.4 Å². The van der Waals surface area contributed by atoms with E-state index in [0.29, 0.717) is 42.4 Å². The van der Waals surface area contributed by atoms with E-state index in [4.69, 9.17) is 10.5 Å². The maximum atomic E-state index is 12.9. The molecule has 1 aromatic carbocycles. The summed E-state index contributed by atoms with van der Waals surface area (Å²) in [5.41, 5.74) is 8.81. The maximum Gasteiger partial charge on any atom is 0.243 e. The van der Waals surface area contributed by atoms with E-state index in [0.717, 1.165) is 11.1 Å². The first-order valence-electron chi connectivity index (χ1n) is 7.21. The second-order valence-corrected chi connectivity index (χ2v) is 6.95. The van der Waals surface area contributed by atoms with E-state index in [1.54, 1.807) is 6.92 Å². The predicted octanol–water partition coefficient (Wildman–Crippen LogP) is 2.24. The van der Waals surface area contributed by atoms with Gasteiger partial charge in [-0.1, -0.05) is 13.0 Å².